The van der Waals surface area contributed by atoms with Crippen molar-refractivity contribution < 1.29 is 18.3 Å². The molecule has 4 heterocycles. The molecule has 2 aromatic rings. The quantitative estimate of drug-likeness (QED) is 0.737. The molecule has 0 N–H and O–H groups in total. The smallest absolute Gasteiger partial charge is 0.257 e. The van der Waals surface area contributed by atoms with Crippen molar-refractivity contribution in [1.82, 2.24) is 9.88 Å². The summed E-state index contributed by atoms with van der Waals surface area (Å²) >= 11 is 0. The highest BCUT2D eigenvalue weighted by Crippen LogP contribution is 2.48. The van der Waals surface area contributed by atoms with Gasteiger partial charge in [-0.1, -0.05) is 0 Å². The van der Waals surface area contributed by atoms with Crippen molar-refractivity contribution in [2.75, 3.05) is 18.0 Å². The van der Waals surface area contributed by atoms with Crippen LogP contribution < -0.4 is 4.90 Å². The van der Waals surface area contributed by atoms with Gasteiger partial charge in [0.05, 0.1) is 17.3 Å². The minimum Gasteiger partial charge on any atom is -0.356 e. The standard InChI is InChI=1S/C23H22F2N4O2/c1-14-15(13-26)2-4-20(27-14)28-8-6-23(7-9-28)22(30)29-19(3-5-21(29)31-23)16-10-17(24)12-18(25)11-16/h2,4,10-12,19,21H,3,5-9H2,1H3/t19-,21+/m0/s1. The Kier molecular flexibility index (Phi) is 4.67. The number of rotatable bonds is 2. The van der Waals surface area contributed by atoms with Crippen molar-refractivity contribution in [3.8, 4) is 6.07 Å². The van der Waals surface area contributed by atoms with Crippen LogP contribution in [0.2, 0.25) is 0 Å². The number of carbonyl (C=O) groups excluding carboxylic acids is 1. The van der Waals surface area contributed by atoms with E-state index < -0.39 is 17.2 Å². The lowest BCUT2D eigenvalue weighted by molar-refractivity contribution is -0.140. The first-order valence-electron chi connectivity index (χ1n) is 10.5. The molecule has 31 heavy (non-hydrogen) atoms. The molecular formula is C23H22F2N4O2. The third kappa shape index (κ3) is 3.24. The molecule has 0 bridgehead atoms. The van der Waals surface area contributed by atoms with E-state index in [1.807, 2.05) is 6.07 Å². The molecule has 3 aliphatic heterocycles. The Bertz CT molecular complexity index is 1070. The molecule has 1 spiro atoms. The van der Waals surface area contributed by atoms with Crippen LogP contribution >= 0.6 is 0 Å². The summed E-state index contributed by atoms with van der Waals surface area (Å²) in [4.78, 5) is 21.7. The number of hydrogen-bond donors (Lipinski definition) is 0. The average Bonchev–Trinajstić information content (AvgIpc) is 3.26. The summed E-state index contributed by atoms with van der Waals surface area (Å²) in [6, 6.07) is 8.78. The zero-order valence-electron chi connectivity index (χ0n) is 17.1. The maximum atomic E-state index is 13.7. The molecule has 2 atom stereocenters. The number of anilines is 1. The number of fused-ring (bicyclic) bond motifs is 1. The Labute approximate surface area is 179 Å². The fraction of sp³-hybridized carbons (Fsp3) is 0.435. The molecule has 160 valence electrons. The van der Waals surface area contributed by atoms with E-state index in [1.165, 1.54) is 12.1 Å². The van der Waals surface area contributed by atoms with Gasteiger partial charge in [-0.3, -0.25) is 4.79 Å². The topological polar surface area (TPSA) is 69.5 Å². The molecule has 0 aliphatic carbocycles. The second-order valence-electron chi connectivity index (χ2n) is 8.48. The van der Waals surface area contributed by atoms with Gasteiger partial charge in [-0.05, 0) is 49.6 Å². The van der Waals surface area contributed by atoms with Gasteiger partial charge in [0.15, 0.2) is 5.60 Å². The summed E-state index contributed by atoms with van der Waals surface area (Å²) < 4.78 is 33.8. The Morgan fingerprint density at radius 3 is 2.52 bits per heavy atom. The van der Waals surface area contributed by atoms with Crippen molar-refractivity contribution in [3.63, 3.8) is 0 Å². The lowest BCUT2D eigenvalue weighted by atomic mass is 9.89. The van der Waals surface area contributed by atoms with Crippen LogP contribution in [-0.4, -0.2) is 40.7 Å². The number of benzene rings is 1. The van der Waals surface area contributed by atoms with E-state index in [9.17, 15) is 13.6 Å². The molecule has 0 unspecified atom stereocenters. The third-order valence-electron chi connectivity index (χ3n) is 6.68. The summed E-state index contributed by atoms with van der Waals surface area (Å²) in [5, 5.41) is 9.10. The van der Waals surface area contributed by atoms with Crippen molar-refractivity contribution >= 4 is 11.7 Å². The Hall–Kier alpha value is -3.05. The van der Waals surface area contributed by atoms with Gasteiger partial charge in [0, 0.05) is 32.0 Å². The summed E-state index contributed by atoms with van der Waals surface area (Å²) in [5.41, 5.74) is 0.808. The van der Waals surface area contributed by atoms with E-state index in [-0.39, 0.29) is 18.2 Å². The average molecular weight is 424 g/mol. The van der Waals surface area contributed by atoms with Crippen molar-refractivity contribution in [2.45, 2.75) is 50.5 Å². The predicted molar refractivity (Wildman–Crippen MR) is 108 cm³/mol. The predicted octanol–water partition coefficient (Wildman–Crippen LogP) is 3.60. The highest BCUT2D eigenvalue weighted by atomic mass is 19.1. The van der Waals surface area contributed by atoms with E-state index in [4.69, 9.17) is 10.00 Å². The van der Waals surface area contributed by atoms with Crippen molar-refractivity contribution in [1.29, 1.82) is 5.26 Å². The number of halogens is 2. The molecular weight excluding hydrogens is 402 g/mol. The highest BCUT2D eigenvalue weighted by molar-refractivity contribution is 5.88. The number of amides is 1. The Balaban J connectivity index is 1.33. The maximum absolute atomic E-state index is 13.7. The Morgan fingerprint density at radius 2 is 1.87 bits per heavy atom. The summed E-state index contributed by atoms with van der Waals surface area (Å²) in [7, 11) is 0. The normalized spacial score (nSPS) is 24.5. The van der Waals surface area contributed by atoms with E-state index in [2.05, 4.69) is 16.0 Å². The molecule has 1 amide bonds. The number of hydrogen-bond acceptors (Lipinski definition) is 5. The van der Waals surface area contributed by atoms with Crippen LogP contribution in [0.3, 0.4) is 0 Å². The summed E-state index contributed by atoms with van der Waals surface area (Å²) in [6.45, 7) is 3.01. The molecule has 6 nitrogen and oxygen atoms in total. The Morgan fingerprint density at radius 1 is 1.16 bits per heavy atom. The van der Waals surface area contributed by atoms with Crippen molar-refractivity contribution in [3.05, 3.63) is 58.8 Å². The van der Waals surface area contributed by atoms with Gasteiger partial charge in [0.1, 0.15) is 29.7 Å². The van der Waals surface area contributed by atoms with Gasteiger partial charge in [0.25, 0.3) is 5.91 Å². The van der Waals surface area contributed by atoms with E-state index in [0.29, 0.717) is 55.6 Å². The van der Waals surface area contributed by atoms with E-state index in [0.717, 1.165) is 11.9 Å². The molecule has 3 fully saturated rings. The number of pyridine rings is 1. The molecule has 0 radical (unpaired) electrons. The second-order valence-corrected chi connectivity index (χ2v) is 8.48. The first-order chi connectivity index (χ1) is 14.9. The molecule has 8 heteroatoms. The molecule has 3 saturated heterocycles. The number of nitriles is 1. The lowest BCUT2D eigenvalue weighted by Gasteiger charge is -2.38. The SMILES string of the molecule is Cc1nc(N2CCC3(CC2)O[C@@H]2CC[C@@H](c4cc(F)cc(F)c4)N2C3=O)ccc1C#N. The number of aromatic nitrogens is 1. The number of nitrogens with zero attached hydrogens (tertiary/aromatic N) is 4. The van der Waals surface area contributed by atoms with Crippen molar-refractivity contribution in [2.24, 2.45) is 0 Å². The fourth-order valence-corrected chi connectivity index (χ4v) is 5.08. The largest absolute Gasteiger partial charge is 0.356 e. The van der Waals surface area contributed by atoms with Crippen LogP contribution in [0.25, 0.3) is 0 Å². The van der Waals surface area contributed by atoms with Crippen LogP contribution in [0, 0.1) is 29.9 Å². The van der Waals surface area contributed by atoms with Gasteiger partial charge in [-0.2, -0.15) is 5.26 Å². The number of carbonyl (C=O) groups is 1. The zero-order chi connectivity index (χ0) is 21.8. The van der Waals surface area contributed by atoms with Crippen LogP contribution in [0.15, 0.2) is 30.3 Å². The minimum absolute atomic E-state index is 0.0895. The minimum atomic E-state index is -0.895. The number of aryl methyl sites for hydroxylation is 1. The lowest BCUT2D eigenvalue weighted by Crippen LogP contribution is -2.50. The summed E-state index contributed by atoms with van der Waals surface area (Å²) in [5.74, 6) is -0.586. The first kappa shape index (κ1) is 19.9. The first-order valence-corrected chi connectivity index (χ1v) is 10.5. The van der Waals surface area contributed by atoms with Crippen LogP contribution in [0.1, 0.15) is 48.5 Å². The number of ether oxygens (including phenoxy) is 1. The van der Waals surface area contributed by atoms with Gasteiger partial charge in [-0.15, -0.1) is 0 Å². The molecule has 0 saturated carbocycles. The second kappa shape index (κ2) is 7.27. The monoisotopic (exact) mass is 424 g/mol. The fourth-order valence-electron chi connectivity index (χ4n) is 5.08. The summed E-state index contributed by atoms with van der Waals surface area (Å²) in [6.07, 6.45) is 1.95. The van der Waals surface area contributed by atoms with Crippen LogP contribution in [0.4, 0.5) is 14.6 Å². The van der Waals surface area contributed by atoms with Crippen LogP contribution in [0.5, 0.6) is 0 Å². The van der Waals surface area contributed by atoms with Gasteiger partial charge in [-0.25, -0.2) is 13.8 Å². The maximum Gasteiger partial charge on any atom is 0.257 e. The third-order valence-corrected chi connectivity index (χ3v) is 6.68. The van der Waals surface area contributed by atoms with Crippen LogP contribution in [-0.2, 0) is 9.53 Å². The zero-order valence-corrected chi connectivity index (χ0v) is 17.1. The highest BCUT2D eigenvalue weighted by Gasteiger charge is 2.58. The number of piperidine rings is 1. The van der Waals surface area contributed by atoms with Gasteiger partial charge in [0.2, 0.25) is 0 Å². The van der Waals surface area contributed by atoms with E-state index >= 15 is 0 Å². The van der Waals surface area contributed by atoms with Gasteiger partial charge < -0.3 is 14.5 Å². The molecule has 5 rings (SSSR count). The van der Waals surface area contributed by atoms with Gasteiger partial charge >= 0.3 is 0 Å². The molecule has 1 aromatic carbocycles. The molecule has 3 aliphatic rings. The molecule has 1 aromatic heterocycles. The van der Waals surface area contributed by atoms with E-state index in [1.54, 1.807) is 17.9 Å².